The van der Waals surface area contributed by atoms with Crippen LogP contribution in [0.2, 0.25) is 0 Å². The van der Waals surface area contributed by atoms with E-state index in [0.717, 1.165) is 5.82 Å². The summed E-state index contributed by atoms with van der Waals surface area (Å²) < 4.78 is 1.95. The van der Waals surface area contributed by atoms with Crippen molar-refractivity contribution >= 4 is 0 Å². The predicted molar refractivity (Wildman–Crippen MR) is 60.7 cm³/mol. The molecule has 0 aliphatic rings. The van der Waals surface area contributed by atoms with Crippen LogP contribution >= 0.6 is 0 Å². The quantitative estimate of drug-likeness (QED) is 0.779. The van der Waals surface area contributed by atoms with Crippen LogP contribution < -0.4 is 5.32 Å². The van der Waals surface area contributed by atoms with E-state index in [-0.39, 0.29) is 11.6 Å². The van der Waals surface area contributed by atoms with Crippen molar-refractivity contribution in [2.45, 2.75) is 45.9 Å². The Morgan fingerprint density at radius 2 is 2.20 bits per heavy atom. The molecule has 0 spiro atoms. The number of aliphatic hydroxyl groups is 1. The third-order valence-corrected chi connectivity index (χ3v) is 2.20. The first-order valence-corrected chi connectivity index (χ1v) is 5.29. The maximum Gasteiger partial charge on any atom is 0.105 e. The molecule has 0 fully saturated rings. The molecule has 2 N–H and O–H groups in total. The lowest BCUT2D eigenvalue weighted by Gasteiger charge is -2.23. The van der Waals surface area contributed by atoms with Gasteiger partial charge in [0.05, 0.1) is 12.6 Å². The van der Waals surface area contributed by atoms with Crippen LogP contribution in [0.5, 0.6) is 0 Å². The fourth-order valence-corrected chi connectivity index (χ4v) is 1.31. The molecule has 1 aromatic rings. The third-order valence-electron chi connectivity index (χ3n) is 2.20. The summed E-state index contributed by atoms with van der Waals surface area (Å²) in [5, 5.41) is 13.1. The molecule has 0 radical (unpaired) electrons. The molecule has 15 heavy (non-hydrogen) atoms. The van der Waals surface area contributed by atoms with Crippen molar-refractivity contribution in [2.75, 3.05) is 6.54 Å². The number of β-amino-alcohol motifs (C(OH)–C–C–N with tert-alkyl or cyclic N) is 1. The lowest BCUT2D eigenvalue weighted by atomic mass is 10.1. The van der Waals surface area contributed by atoms with Crippen molar-refractivity contribution in [3.63, 3.8) is 0 Å². The van der Waals surface area contributed by atoms with Crippen LogP contribution in [-0.2, 0) is 6.54 Å². The molecule has 0 saturated heterocycles. The van der Waals surface area contributed by atoms with Gasteiger partial charge in [-0.25, -0.2) is 4.98 Å². The zero-order chi connectivity index (χ0) is 11.5. The summed E-state index contributed by atoms with van der Waals surface area (Å²) in [6.07, 6.45) is 3.26. The zero-order valence-electron chi connectivity index (χ0n) is 9.99. The van der Waals surface area contributed by atoms with Gasteiger partial charge in [-0.3, -0.25) is 0 Å². The van der Waals surface area contributed by atoms with E-state index in [1.165, 1.54) is 0 Å². The van der Waals surface area contributed by atoms with Gasteiger partial charge in [-0.15, -0.1) is 0 Å². The Labute approximate surface area is 91.3 Å². The van der Waals surface area contributed by atoms with Gasteiger partial charge in [0.1, 0.15) is 5.82 Å². The number of aliphatic hydroxyl groups excluding tert-OH is 1. The van der Waals surface area contributed by atoms with Gasteiger partial charge in [0.2, 0.25) is 0 Å². The fraction of sp³-hybridized carbons (Fsp3) is 0.727. The van der Waals surface area contributed by atoms with Gasteiger partial charge in [-0.2, -0.15) is 0 Å². The van der Waals surface area contributed by atoms with Gasteiger partial charge in [-0.05, 0) is 27.7 Å². The lowest BCUT2D eigenvalue weighted by Crippen LogP contribution is -2.42. The number of hydrogen-bond acceptors (Lipinski definition) is 3. The van der Waals surface area contributed by atoms with Gasteiger partial charge < -0.3 is 15.0 Å². The molecule has 1 rings (SSSR count). The summed E-state index contributed by atoms with van der Waals surface area (Å²) in [6.45, 7) is 9.38. The highest BCUT2D eigenvalue weighted by atomic mass is 16.3. The first kappa shape index (κ1) is 12.2. The average molecular weight is 211 g/mol. The molecular weight excluding hydrogens is 190 g/mol. The van der Waals surface area contributed by atoms with Crippen LogP contribution in [0.3, 0.4) is 0 Å². The number of imidazole rings is 1. The largest absolute Gasteiger partial charge is 0.390 e. The van der Waals surface area contributed by atoms with Gasteiger partial charge in [0, 0.05) is 24.5 Å². The second kappa shape index (κ2) is 4.77. The van der Waals surface area contributed by atoms with E-state index in [1.54, 1.807) is 6.20 Å². The van der Waals surface area contributed by atoms with Crippen molar-refractivity contribution in [3.8, 4) is 0 Å². The third kappa shape index (κ3) is 4.44. The Kier molecular flexibility index (Phi) is 3.88. The Morgan fingerprint density at radius 1 is 1.53 bits per heavy atom. The van der Waals surface area contributed by atoms with E-state index in [1.807, 2.05) is 17.7 Å². The lowest BCUT2D eigenvalue weighted by molar-refractivity contribution is 0.141. The van der Waals surface area contributed by atoms with Crippen molar-refractivity contribution < 1.29 is 5.11 Å². The van der Waals surface area contributed by atoms with Crippen LogP contribution in [-0.4, -0.2) is 32.8 Å². The smallest absolute Gasteiger partial charge is 0.105 e. The van der Waals surface area contributed by atoms with Crippen molar-refractivity contribution in [2.24, 2.45) is 0 Å². The van der Waals surface area contributed by atoms with Gasteiger partial charge in [0.15, 0.2) is 0 Å². The molecule has 0 aliphatic heterocycles. The number of aryl methyl sites for hydroxylation is 1. The maximum absolute atomic E-state index is 9.80. The van der Waals surface area contributed by atoms with E-state index in [4.69, 9.17) is 0 Å². The molecule has 0 aliphatic carbocycles. The standard InChI is InChI=1S/C11H21N3O/c1-9-12-5-6-14(9)8-10(15)7-13-11(2,3)4/h5-6,10,13,15H,7-8H2,1-4H3. The number of hydrogen-bond donors (Lipinski definition) is 2. The Hall–Kier alpha value is -0.870. The van der Waals surface area contributed by atoms with E-state index in [0.29, 0.717) is 13.1 Å². The summed E-state index contributed by atoms with van der Waals surface area (Å²) >= 11 is 0. The minimum absolute atomic E-state index is 0.0466. The maximum atomic E-state index is 9.80. The van der Waals surface area contributed by atoms with Crippen molar-refractivity contribution in [1.82, 2.24) is 14.9 Å². The molecule has 4 nitrogen and oxygen atoms in total. The van der Waals surface area contributed by atoms with Crippen LogP contribution in [0.15, 0.2) is 12.4 Å². The predicted octanol–water partition coefficient (Wildman–Crippen LogP) is 0.941. The number of rotatable bonds is 4. The van der Waals surface area contributed by atoms with Crippen molar-refractivity contribution in [3.05, 3.63) is 18.2 Å². The minimum atomic E-state index is -0.378. The zero-order valence-corrected chi connectivity index (χ0v) is 9.99. The molecule has 0 saturated carbocycles. The molecule has 0 amide bonds. The molecule has 0 bridgehead atoms. The molecule has 4 heteroatoms. The topological polar surface area (TPSA) is 50.1 Å². The minimum Gasteiger partial charge on any atom is -0.390 e. The molecule has 1 aromatic heterocycles. The number of nitrogens with one attached hydrogen (secondary N) is 1. The van der Waals surface area contributed by atoms with E-state index in [9.17, 15) is 5.11 Å². The van der Waals surface area contributed by atoms with E-state index in [2.05, 4.69) is 31.1 Å². The summed E-state index contributed by atoms with van der Waals surface area (Å²) in [4.78, 5) is 4.11. The van der Waals surface area contributed by atoms with Crippen LogP contribution in [0.25, 0.3) is 0 Å². The summed E-state index contributed by atoms with van der Waals surface area (Å²) in [7, 11) is 0. The Bertz CT molecular complexity index is 301. The van der Waals surface area contributed by atoms with Crippen LogP contribution in [0.1, 0.15) is 26.6 Å². The average Bonchev–Trinajstić information content (AvgIpc) is 2.47. The summed E-state index contributed by atoms with van der Waals surface area (Å²) in [5.74, 6) is 0.935. The second-order valence-corrected chi connectivity index (χ2v) is 4.91. The molecular formula is C11H21N3O. The number of aromatic nitrogens is 2. The highest BCUT2D eigenvalue weighted by molar-refractivity contribution is 4.89. The van der Waals surface area contributed by atoms with Gasteiger partial charge in [0.25, 0.3) is 0 Å². The molecule has 1 heterocycles. The first-order valence-electron chi connectivity index (χ1n) is 5.29. The molecule has 86 valence electrons. The SMILES string of the molecule is Cc1nccn1CC(O)CNC(C)(C)C. The normalized spacial score (nSPS) is 14.2. The van der Waals surface area contributed by atoms with Crippen LogP contribution in [0.4, 0.5) is 0 Å². The van der Waals surface area contributed by atoms with Crippen molar-refractivity contribution in [1.29, 1.82) is 0 Å². The van der Waals surface area contributed by atoms with E-state index >= 15 is 0 Å². The van der Waals surface area contributed by atoms with Gasteiger partial charge >= 0.3 is 0 Å². The Balaban J connectivity index is 2.37. The first-order chi connectivity index (χ1) is 6.88. The highest BCUT2D eigenvalue weighted by Gasteiger charge is 2.12. The van der Waals surface area contributed by atoms with Gasteiger partial charge in [-0.1, -0.05) is 0 Å². The summed E-state index contributed by atoms with van der Waals surface area (Å²) in [6, 6.07) is 0. The summed E-state index contributed by atoms with van der Waals surface area (Å²) in [5.41, 5.74) is 0.0466. The molecule has 1 atom stereocenters. The number of nitrogens with zero attached hydrogens (tertiary/aromatic N) is 2. The van der Waals surface area contributed by atoms with Crippen LogP contribution in [0, 0.1) is 6.92 Å². The molecule has 0 aromatic carbocycles. The monoisotopic (exact) mass is 211 g/mol. The second-order valence-electron chi connectivity index (χ2n) is 4.91. The van der Waals surface area contributed by atoms with E-state index < -0.39 is 0 Å². The highest BCUT2D eigenvalue weighted by Crippen LogP contribution is 2.01. The molecule has 1 unspecified atom stereocenters. The Morgan fingerprint density at radius 3 is 2.67 bits per heavy atom. The fourth-order valence-electron chi connectivity index (χ4n) is 1.31.